The van der Waals surface area contributed by atoms with E-state index < -0.39 is 0 Å². The Morgan fingerprint density at radius 1 is 1.05 bits per heavy atom. The minimum absolute atomic E-state index is 0.0711. The molecule has 3 N–H and O–H groups in total. The Morgan fingerprint density at radius 3 is 2.76 bits per heavy atom. The highest BCUT2D eigenvalue weighted by Gasteiger charge is 2.34. The fourth-order valence-corrected chi connectivity index (χ4v) is 4.92. The van der Waals surface area contributed by atoms with E-state index in [0.717, 1.165) is 16.7 Å². The van der Waals surface area contributed by atoms with Crippen LogP contribution in [0, 0.1) is 5.82 Å². The van der Waals surface area contributed by atoms with Gasteiger partial charge >= 0.3 is 0 Å². The number of hydrogen-bond acceptors (Lipinski definition) is 6. The molecule has 2 aliphatic heterocycles. The Balaban J connectivity index is 1.43. The summed E-state index contributed by atoms with van der Waals surface area (Å²) in [4.78, 5) is 34.3. The maximum atomic E-state index is 13.8. The van der Waals surface area contributed by atoms with Crippen molar-refractivity contribution in [2.75, 3.05) is 32.8 Å². The van der Waals surface area contributed by atoms with Crippen molar-refractivity contribution in [1.82, 2.24) is 20.1 Å². The van der Waals surface area contributed by atoms with Crippen molar-refractivity contribution in [3.63, 3.8) is 0 Å². The van der Waals surface area contributed by atoms with E-state index in [0.29, 0.717) is 50.5 Å². The third-order valence-corrected chi connectivity index (χ3v) is 6.75. The average molecular weight is 504 g/mol. The standard InChI is InChI=1S/C28H30FN5O3/c29-23-5-1-3-19(9-23)15-33-8-7-32-28(36)22-10-21(13-31-14-22)20-4-2-6-26(11-20)37-18-25-12-24(30)16-34(25)27(35)17-33/h1-6,9-11,13-14,24-25H,7-8,12,15-18,30H2,(H,32,36)/t24-,25+/m1/s1. The molecule has 3 heterocycles. The summed E-state index contributed by atoms with van der Waals surface area (Å²) in [5.41, 5.74) is 9.10. The number of benzene rings is 2. The molecule has 1 fully saturated rings. The van der Waals surface area contributed by atoms with Crippen molar-refractivity contribution in [1.29, 1.82) is 0 Å². The molecule has 4 bridgehead atoms. The van der Waals surface area contributed by atoms with Gasteiger partial charge in [0.15, 0.2) is 0 Å². The first-order chi connectivity index (χ1) is 17.9. The van der Waals surface area contributed by atoms with Crippen LogP contribution in [-0.2, 0) is 11.3 Å². The van der Waals surface area contributed by atoms with Gasteiger partial charge < -0.3 is 20.7 Å². The van der Waals surface area contributed by atoms with Gasteiger partial charge in [-0.2, -0.15) is 0 Å². The number of amides is 2. The topological polar surface area (TPSA) is 101 Å². The minimum Gasteiger partial charge on any atom is -0.491 e. The zero-order chi connectivity index (χ0) is 25.8. The number of carbonyl (C=O) groups is 2. The van der Waals surface area contributed by atoms with Crippen molar-refractivity contribution in [3.8, 4) is 16.9 Å². The van der Waals surface area contributed by atoms with Gasteiger partial charge in [0.2, 0.25) is 5.91 Å². The molecule has 8 nitrogen and oxygen atoms in total. The minimum atomic E-state index is -0.332. The Labute approximate surface area is 215 Å². The van der Waals surface area contributed by atoms with Crippen molar-refractivity contribution < 1.29 is 18.7 Å². The molecule has 37 heavy (non-hydrogen) atoms. The maximum absolute atomic E-state index is 13.8. The van der Waals surface area contributed by atoms with Gasteiger partial charge in [0.05, 0.1) is 18.2 Å². The predicted octanol–water partition coefficient (Wildman–Crippen LogP) is 2.44. The molecule has 0 radical (unpaired) electrons. The number of hydrogen-bond donors (Lipinski definition) is 2. The van der Waals surface area contributed by atoms with Crippen LogP contribution in [0.15, 0.2) is 67.0 Å². The number of ether oxygens (including phenoxy) is 1. The quantitative estimate of drug-likeness (QED) is 0.557. The molecule has 192 valence electrons. The lowest BCUT2D eigenvalue weighted by atomic mass is 10.1. The lowest BCUT2D eigenvalue weighted by Crippen LogP contribution is -2.46. The molecule has 0 spiro atoms. The molecular weight excluding hydrogens is 473 g/mol. The highest BCUT2D eigenvalue weighted by Crippen LogP contribution is 2.26. The highest BCUT2D eigenvalue weighted by atomic mass is 19.1. The van der Waals surface area contributed by atoms with Gasteiger partial charge in [0.1, 0.15) is 18.2 Å². The summed E-state index contributed by atoms with van der Waals surface area (Å²) in [6.45, 7) is 1.97. The van der Waals surface area contributed by atoms with Crippen LogP contribution >= 0.6 is 0 Å². The van der Waals surface area contributed by atoms with Gasteiger partial charge in [-0.1, -0.05) is 24.3 Å². The predicted molar refractivity (Wildman–Crippen MR) is 137 cm³/mol. The van der Waals surface area contributed by atoms with E-state index in [9.17, 15) is 14.0 Å². The number of nitrogens with zero attached hydrogens (tertiary/aromatic N) is 3. The van der Waals surface area contributed by atoms with E-state index in [1.807, 2.05) is 35.2 Å². The summed E-state index contributed by atoms with van der Waals surface area (Å²) in [6.07, 6.45) is 3.89. The first-order valence-corrected chi connectivity index (χ1v) is 12.4. The largest absolute Gasteiger partial charge is 0.491 e. The third-order valence-electron chi connectivity index (χ3n) is 6.75. The number of rotatable bonds is 2. The summed E-state index contributed by atoms with van der Waals surface area (Å²) in [5.74, 6) is 0.00514. The van der Waals surface area contributed by atoms with Crippen molar-refractivity contribution in [3.05, 3.63) is 83.9 Å². The fraction of sp³-hybridized carbons (Fsp3) is 0.321. The normalized spacial score (nSPS) is 21.1. The van der Waals surface area contributed by atoms with Crippen LogP contribution < -0.4 is 15.8 Å². The molecule has 3 aromatic rings. The van der Waals surface area contributed by atoms with Crippen LogP contribution in [0.25, 0.3) is 11.1 Å². The molecule has 2 amide bonds. The van der Waals surface area contributed by atoms with Gasteiger partial charge in [-0.3, -0.25) is 19.5 Å². The molecule has 2 aliphatic rings. The molecule has 0 aliphatic carbocycles. The molecule has 0 saturated carbocycles. The van der Waals surface area contributed by atoms with E-state index in [2.05, 4.69) is 10.3 Å². The van der Waals surface area contributed by atoms with Gasteiger partial charge in [-0.25, -0.2) is 4.39 Å². The smallest absolute Gasteiger partial charge is 0.252 e. The molecular formula is C28H30FN5O3. The molecule has 1 saturated heterocycles. The monoisotopic (exact) mass is 503 g/mol. The van der Waals surface area contributed by atoms with Gasteiger partial charge in [-0.05, 0) is 47.9 Å². The number of pyridine rings is 1. The molecule has 9 heteroatoms. The van der Waals surface area contributed by atoms with Gasteiger partial charge in [0, 0.05) is 50.2 Å². The summed E-state index contributed by atoms with van der Waals surface area (Å²) in [7, 11) is 0. The summed E-state index contributed by atoms with van der Waals surface area (Å²) in [6, 6.07) is 15.4. The van der Waals surface area contributed by atoms with Crippen LogP contribution in [-0.4, -0.2) is 71.5 Å². The summed E-state index contributed by atoms with van der Waals surface area (Å²) < 4.78 is 19.9. The second kappa shape index (κ2) is 11.1. The van der Waals surface area contributed by atoms with Crippen LogP contribution in [0.3, 0.4) is 0 Å². The van der Waals surface area contributed by atoms with E-state index in [4.69, 9.17) is 10.5 Å². The van der Waals surface area contributed by atoms with E-state index in [1.165, 1.54) is 18.3 Å². The molecule has 0 unspecified atom stereocenters. The maximum Gasteiger partial charge on any atom is 0.252 e. The highest BCUT2D eigenvalue weighted by molar-refractivity contribution is 5.95. The molecule has 2 aromatic carbocycles. The SMILES string of the molecule is N[C@@H]1C[C@H]2COc3cccc(c3)-c3cncc(c3)C(=O)NCCN(Cc3cccc(F)c3)CC(=O)N2C1. The zero-order valence-corrected chi connectivity index (χ0v) is 20.5. The fourth-order valence-electron chi connectivity index (χ4n) is 4.92. The number of fused-ring (bicyclic) bond motifs is 6. The Morgan fingerprint density at radius 2 is 1.89 bits per heavy atom. The number of nitrogens with two attached hydrogens (primary N) is 1. The molecule has 2 atom stereocenters. The summed E-state index contributed by atoms with van der Waals surface area (Å²) >= 11 is 0. The first kappa shape index (κ1) is 24.9. The van der Waals surface area contributed by atoms with Crippen LogP contribution in [0.1, 0.15) is 22.3 Å². The number of carbonyl (C=O) groups excluding carboxylic acids is 2. The average Bonchev–Trinajstić information content (AvgIpc) is 3.27. The van der Waals surface area contributed by atoms with Crippen molar-refractivity contribution in [2.24, 2.45) is 5.73 Å². The third kappa shape index (κ3) is 6.12. The number of halogens is 1. The lowest BCUT2D eigenvalue weighted by Gasteiger charge is -2.29. The van der Waals surface area contributed by atoms with Crippen molar-refractivity contribution in [2.45, 2.75) is 25.0 Å². The van der Waals surface area contributed by atoms with Gasteiger partial charge in [-0.15, -0.1) is 0 Å². The first-order valence-electron chi connectivity index (χ1n) is 12.4. The van der Waals surface area contributed by atoms with E-state index >= 15 is 0 Å². The second-order valence-electron chi connectivity index (χ2n) is 9.59. The Hall–Kier alpha value is -3.82. The summed E-state index contributed by atoms with van der Waals surface area (Å²) in [5, 5.41) is 2.92. The lowest BCUT2D eigenvalue weighted by molar-refractivity contribution is -0.134. The number of aromatic nitrogens is 1. The second-order valence-corrected chi connectivity index (χ2v) is 9.59. The molecule has 5 rings (SSSR count). The van der Waals surface area contributed by atoms with Gasteiger partial charge in [0.25, 0.3) is 5.91 Å². The van der Waals surface area contributed by atoms with Crippen LogP contribution in [0.2, 0.25) is 0 Å². The van der Waals surface area contributed by atoms with E-state index in [-0.39, 0.29) is 36.3 Å². The number of nitrogens with one attached hydrogen (secondary N) is 1. The van der Waals surface area contributed by atoms with Crippen LogP contribution in [0.5, 0.6) is 5.75 Å². The zero-order valence-electron chi connectivity index (χ0n) is 20.5. The Bertz CT molecular complexity index is 1290. The Kier molecular flexibility index (Phi) is 7.43. The van der Waals surface area contributed by atoms with E-state index in [1.54, 1.807) is 23.2 Å². The molecule has 1 aromatic heterocycles. The van der Waals surface area contributed by atoms with Crippen molar-refractivity contribution >= 4 is 11.8 Å². The van der Waals surface area contributed by atoms with Crippen LogP contribution in [0.4, 0.5) is 4.39 Å².